The lowest BCUT2D eigenvalue weighted by atomic mass is 9.70. The molecule has 0 aromatic carbocycles. The molecule has 0 radical (unpaired) electrons. The minimum Gasteiger partial charge on any atom is -0.462 e. The van der Waals surface area contributed by atoms with Crippen molar-refractivity contribution in [2.45, 2.75) is 129 Å². The number of rotatable bonds is 4. The fourth-order valence-corrected chi connectivity index (χ4v) is 7.96. The van der Waals surface area contributed by atoms with E-state index in [2.05, 4.69) is 46.8 Å². The lowest BCUT2D eigenvalue weighted by Crippen LogP contribution is -2.59. The Morgan fingerprint density at radius 1 is 1.19 bits per heavy atom. The van der Waals surface area contributed by atoms with Gasteiger partial charge in [0.05, 0.1) is 18.8 Å². The van der Waals surface area contributed by atoms with Crippen LogP contribution in [0.1, 0.15) is 87.0 Å². The predicted molar refractivity (Wildman–Crippen MR) is 177 cm³/mol. The maximum absolute atomic E-state index is 14.3. The first-order valence-electron chi connectivity index (χ1n) is 17.3. The summed E-state index contributed by atoms with van der Waals surface area (Å²) in [6, 6.07) is 0. The van der Waals surface area contributed by atoms with Crippen molar-refractivity contribution in [3.63, 3.8) is 0 Å². The molecule has 0 aromatic heterocycles. The molecule has 0 amide bonds. The molecule has 4 heterocycles. The summed E-state index contributed by atoms with van der Waals surface area (Å²) in [4.78, 5) is 26.6. The second-order valence-corrected chi connectivity index (χ2v) is 15.1. The van der Waals surface area contributed by atoms with Crippen molar-refractivity contribution in [1.29, 1.82) is 0 Å². The SMILES string of the molecule is CC(C)=CC(=O)OCC1=C[C@H]2C(=O)O[C@@H]3C[C@@H](C/C=C(/C)C[C@@H](C)/C=C\C=C4\CO[C@H]([C@@H]1O)[C@]42O)O[C@@]1(CC[C@H](C)[C@@H](C(C)C)O1)C3. The number of allylic oxidation sites excluding steroid dienone is 5. The number of aliphatic hydroxyl groups is 2. The topological polar surface area (TPSA) is 121 Å². The Bertz CT molecular complexity index is 1340. The number of aliphatic hydroxyl groups excluding tert-OH is 1. The quantitative estimate of drug-likeness (QED) is 0.225. The molecule has 5 rings (SSSR count). The molecule has 4 aliphatic heterocycles. The van der Waals surface area contributed by atoms with E-state index in [1.165, 1.54) is 17.7 Å². The summed E-state index contributed by atoms with van der Waals surface area (Å²) in [5.74, 6) is -2.35. The van der Waals surface area contributed by atoms with Gasteiger partial charge in [-0.3, -0.25) is 4.79 Å². The van der Waals surface area contributed by atoms with E-state index in [1.54, 1.807) is 19.9 Å². The van der Waals surface area contributed by atoms with Gasteiger partial charge in [-0.05, 0) is 68.9 Å². The van der Waals surface area contributed by atoms with E-state index in [4.69, 9.17) is 23.7 Å². The highest BCUT2D eigenvalue weighted by Crippen LogP contribution is 2.47. The second-order valence-electron chi connectivity index (χ2n) is 15.1. The minimum absolute atomic E-state index is 0.0193. The maximum Gasteiger partial charge on any atom is 0.331 e. The summed E-state index contributed by atoms with van der Waals surface area (Å²) in [5.41, 5.74) is 0.927. The van der Waals surface area contributed by atoms with Gasteiger partial charge in [0.15, 0.2) is 5.79 Å². The highest BCUT2D eigenvalue weighted by molar-refractivity contribution is 5.83. The number of carbonyl (C=O) groups is 2. The summed E-state index contributed by atoms with van der Waals surface area (Å²) in [7, 11) is 0. The first-order chi connectivity index (χ1) is 22.2. The van der Waals surface area contributed by atoms with Gasteiger partial charge >= 0.3 is 11.9 Å². The molecule has 0 unspecified atom stereocenters. The average Bonchev–Trinajstić information content (AvgIpc) is 3.33. The van der Waals surface area contributed by atoms with E-state index >= 15 is 0 Å². The molecule has 9 heteroatoms. The van der Waals surface area contributed by atoms with E-state index in [0.29, 0.717) is 43.1 Å². The summed E-state index contributed by atoms with van der Waals surface area (Å²) in [6.45, 7) is 14.1. The number of hydrogen-bond acceptors (Lipinski definition) is 9. The van der Waals surface area contributed by atoms with Crippen LogP contribution < -0.4 is 0 Å². The highest BCUT2D eigenvalue weighted by atomic mass is 16.7. The molecule has 3 fully saturated rings. The van der Waals surface area contributed by atoms with Crippen LogP contribution in [0.3, 0.4) is 0 Å². The van der Waals surface area contributed by atoms with Crippen molar-refractivity contribution < 1.29 is 43.5 Å². The van der Waals surface area contributed by atoms with Crippen LogP contribution in [-0.2, 0) is 33.3 Å². The Balaban J connectivity index is 1.52. The maximum atomic E-state index is 14.3. The van der Waals surface area contributed by atoms with Crippen molar-refractivity contribution in [1.82, 2.24) is 0 Å². The van der Waals surface area contributed by atoms with Gasteiger partial charge in [0, 0.05) is 25.3 Å². The number of carbonyl (C=O) groups excluding carboxylic acids is 2. The molecule has 2 N–H and O–H groups in total. The fraction of sp³-hybridized carbons (Fsp3) is 0.684. The van der Waals surface area contributed by atoms with Gasteiger partial charge in [-0.15, -0.1) is 0 Å². The molecule has 1 spiro atoms. The number of esters is 2. The summed E-state index contributed by atoms with van der Waals surface area (Å²) < 4.78 is 31.3. The van der Waals surface area contributed by atoms with Crippen LogP contribution in [-0.4, -0.2) is 77.3 Å². The van der Waals surface area contributed by atoms with E-state index in [9.17, 15) is 19.8 Å². The predicted octanol–water partition coefficient (Wildman–Crippen LogP) is 5.66. The van der Waals surface area contributed by atoms with Crippen molar-refractivity contribution in [2.24, 2.45) is 23.7 Å². The number of hydrogen-bond donors (Lipinski definition) is 2. The Hall–Kier alpha value is -2.56. The lowest BCUT2D eigenvalue weighted by Gasteiger charge is -2.50. The van der Waals surface area contributed by atoms with E-state index in [1.807, 2.05) is 6.08 Å². The zero-order valence-corrected chi connectivity index (χ0v) is 29.1. The smallest absolute Gasteiger partial charge is 0.331 e. The van der Waals surface area contributed by atoms with Crippen molar-refractivity contribution in [2.75, 3.05) is 13.2 Å². The van der Waals surface area contributed by atoms with Crippen molar-refractivity contribution in [3.05, 3.63) is 58.7 Å². The van der Waals surface area contributed by atoms with Crippen LogP contribution in [0.4, 0.5) is 0 Å². The van der Waals surface area contributed by atoms with Crippen molar-refractivity contribution >= 4 is 11.9 Å². The zero-order valence-electron chi connectivity index (χ0n) is 29.1. The molecule has 9 nitrogen and oxygen atoms in total. The third-order valence-electron chi connectivity index (χ3n) is 10.3. The summed E-state index contributed by atoms with van der Waals surface area (Å²) >= 11 is 0. The fourth-order valence-electron chi connectivity index (χ4n) is 7.96. The largest absolute Gasteiger partial charge is 0.462 e. The molecule has 47 heavy (non-hydrogen) atoms. The van der Waals surface area contributed by atoms with Gasteiger partial charge in [0.25, 0.3) is 0 Å². The Kier molecular flexibility index (Phi) is 11.0. The molecule has 3 saturated heterocycles. The lowest BCUT2D eigenvalue weighted by molar-refractivity contribution is -0.340. The number of ether oxygens (including phenoxy) is 5. The molecule has 5 aliphatic rings. The van der Waals surface area contributed by atoms with Crippen LogP contribution >= 0.6 is 0 Å². The molecule has 10 atom stereocenters. The molecule has 1 aliphatic carbocycles. The monoisotopic (exact) mass is 654 g/mol. The summed E-state index contributed by atoms with van der Waals surface area (Å²) in [5, 5.41) is 23.7. The van der Waals surface area contributed by atoms with Gasteiger partial charge in [-0.1, -0.05) is 69.2 Å². The first-order valence-corrected chi connectivity index (χ1v) is 17.3. The van der Waals surface area contributed by atoms with Crippen LogP contribution in [0.2, 0.25) is 0 Å². The molecule has 0 aromatic rings. The molecular weight excluding hydrogens is 600 g/mol. The van der Waals surface area contributed by atoms with E-state index in [-0.39, 0.29) is 36.9 Å². The Morgan fingerprint density at radius 2 is 1.96 bits per heavy atom. The third-order valence-corrected chi connectivity index (χ3v) is 10.3. The molecular formula is C38H54O9. The summed E-state index contributed by atoms with van der Waals surface area (Å²) in [6.07, 6.45) is 11.7. The van der Waals surface area contributed by atoms with Crippen LogP contribution in [0.15, 0.2) is 58.7 Å². The Morgan fingerprint density at radius 3 is 2.68 bits per heavy atom. The third kappa shape index (κ3) is 7.86. The van der Waals surface area contributed by atoms with Crippen molar-refractivity contribution in [3.8, 4) is 0 Å². The van der Waals surface area contributed by atoms with Gasteiger partial charge in [0.2, 0.25) is 0 Å². The van der Waals surface area contributed by atoms with E-state index in [0.717, 1.165) is 18.4 Å². The molecule has 2 bridgehead atoms. The van der Waals surface area contributed by atoms with Gasteiger partial charge in [0.1, 0.15) is 36.4 Å². The Labute approximate surface area is 279 Å². The van der Waals surface area contributed by atoms with Gasteiger partial charge in [-0.25, -0.2) is 4.79 Å². The first kappa shape index (κ1) is 35.7. The van der Waals surface area contributed by atoms with Crippen LogP contribution in [0, 0.1) is 23.7 Å². The highest BCUT2D eigenvalue weighted by Gasteiger charge is 2.60. The zero-order chi connectivity index (χ0) is 34.1. The van der Waals surface area contributed by atoms with E-state index < -0.39 is 47.6 Å². The molecule has 0 saturated carbocycles. The normalized spacial score (nSPS) is 42.3. The second kappa shape index (κ2) is 14.5. The van der Waals surface area contributed by atoms with Crippen LogP contribution in [0.25, 0.3) is 0 Å². The minimum atomic E-state index is -1.86. The van der Waals surface area contributed by atoms with Crippen LogP contribution in [0.5, 0.6) is 0 Å². The average molecular weight is 655 g/mol. The molecule has 260 valence electrons. The van der Waals surface area contributed by atoms with Gasteiger partial charge < -0.3 is 33.9 Å². The standard InChI is InChI=1S/C38H54O9/c1-22(2)15-32(39)43-20-27-17-31-36(41)45-30-18-29(46-37(19-30)14-13-26(7)34(47-37)23(3)4)12-11-25(6)16-24(5)9-8-10-28-21-44-35(33(27)40)38(28,31)42/h8-11,15,17,23-24,26,29-31,33-35,40,42H,12-14,16,18-21H2,1-7H3/b9-8-,25-11-,28-10-/t24-,26-,29+,30+,31-,33+,34+,35+,37+,38-/m0/s1. The number of fused-ring (bicyclic) bond motifs is 2. The van der Waals surface area contributed by atoms with Gasteiger partial charge in [-0.2, -0.15) is 0 Å².